The van der Waals surface area contributed by atoms with Gasteiger partial charge in [-0.25, -0.2) is 0 Å². The first-order chi connectivity index (χ1) is 17.2. The molecule has 0 bridgehead atoms. The Balaban J connectivity index is 0.000000202. The second-order valence-corrected chi connectivity index (χ2v) is 11.8. The zero-order chi connectivity index (χ0) is 26.2. The zero-order valence-corrected chi connectivity index (χ0v) is 26.6. The molecule has 36 heavy (non-hydrogen) atoms. The number of nitrogen functional groups attached to an aromatic ring is 2. The highest BCUT2D eigenvalue weighted by Crippen LogP contribution is 2.39. The van der Waals surface area contributed by atoms with Crippen molar-refractivity contribution in [2.75, 3.05) is 27.4 Å². The smallest absolute Gasteiger partial charge is 0.0986 e. The van der Waals surface area contributed by atoms with Gasteiger partial charge in [0.2, 0.25) is 0 Å². The van der Waals surface area contributed by atoms with E-state index in [9.17, 15) is 0 Å². The Morgan fingerprint density at radius 1 is 0.722 bits per heavy atom. The third-order valence-electron chi connectivity index (χ3n) is 5.01. The molecule has 4 aromatic carbocycles. The number of benzene rings is 4. The standard InChI is InChI=1S/C13H10Br4N2.C13H12Cl2N2/c14-10-6-7-11(13(16)12(10)15)19(17)8-18-9-4-2-1-3-5-9;14-10-6-8(1-3-12(10)16)5-9-2-4-13(17)11(15)7-9/h1-7,18H,8H2;1-4,6-7H,5,16-17H2. The summed E-state index contributed by atoms with van der Waals surface area (Å²) in [6, 6.07) is 25.3. The summed E-state index contributed by atoms with van der Waals surface area (Å²) in [5.74, 6) is 0. The molecule has 0 aromatic heterocycles. The highest BCUT2D eigenvalue weighted by Gasteiger charge is 2.12. The van der Waals surface area contributed by atoms with E-state index in [1.165, 1.54) is 0 Å². The molecular weight excluding hydrogens is 759 g/mol. The van der Waals surface area contributed by atoms with Crippen molar-refractivity contribution in [1.29, 1.82) is 0 Å². The molecule has 10 heteroatoms. The van der Waals surface area contributed by atoms with Crippen LogP contribution < -0.4 is 20.7 Å². The first-order valence-corrected chi connectivity index (χ1v) is 14.4. The average Bonchev–Trinajstić information content (AvgIpc) is 2.87. The van der Waals surface area contributed by atoms with E-state index in [-0.39, 0.29) is 0 Å². The van der Waals surface area contributed by atoms with E-state index in [0.29, 0.717) is 28.1 Å². The van der Waals surface area contributed by atoms with Gasteiger partial charge in [-0.2, -0.15) is 0 Å². The molecule has 0 aliphatic heterocycles. The number of nitrogens with zero attached hydrogens (tertiary/aromatic N) is 1. The number of hydrogen-bond acceptors (Lipinski definition) is 4. The quantitative estimate of drug-likeness (QED) is 0.0789. The first-order valence-electron chi connectivity index (χ1n) is 10.6. The Labute approximate surface area is 255 Å². The van der Waals surface area contributed by atoms with Gasteiger partial charge < -0.3 is 16.8 Å². The molecule has 0 amide bonds. The molecule has 4 nitrogen and oxygen atoms in total. The summed E-state index contributed by atoms with van der Waals surface area (Å²) in [5, 5.41) is 4.48. The molecule has 0 aliphatic carbocycles. The molecule has 0 atom stereocenters. The average molecular weight is 781 g/mol. The number of para-hydroxylation sites is 1. The van der Waals surface area contributed by atoms with Gasteiger partial charge in [-0.15, -0.1) is 0 Å². The minimum atomic E-state index is 0.573. The van der Waals surface area contributed by atoms with Crippen molar-refractivity contribution in [3.05, 3.63) is 113 Å². The SMILES string of the molecule is Brc1ccc(N(Br)CNc2ccccc2)c(Br)c1Br.Nc1ccc(Cc2ccc(N)c(Cl)c2)cc1Cl. The summed E-state index contributed by atoms with van der Waals surface area (Å²) in [6.45, 7) is 0.649. The van der Waals surface area contributed by atoms with Gasteiger partial charge in [-0.05, 0) is 114 Å². The maximum absolute atomic E-state index is 5.97. The number of nitrogens with two attached hydrogens (primary N) is 2. The van der Waals surface area contributed by atoms with Crippen LogP contribution in [-0.4, -0.2) is 6.67 Å². The van der Waals surface area contributed by atoms with E-state index < -0.39 is 0 Å². The molecule has 0 heterocycles. The van der Waals surface area contributed by atoms with Gasteiger partial charge in [-0.3, -0.25) is 3.93 Å². The van der Waals surface area contributed by atoms with Gasteiger partial charge in [0.25, 0.3) is 0 Å². The van der Waals surface area contributed by atoms with Crippen LogP contribution in [0.15, 0.2) is 92.3 Å². The van der Waals surface area contributed by atoms with Gasteiger partial charge in [0.15, 0.2) is 0 Å². The van der Waals surface area contributed by atoms with Gasteiger partial charge in [0.05, 0.1) is 54.4 Å². The van der Waals surface area contributed by atoms with E-state index in [1.807, 2.05) is 70.7 Å². The van der Waals surface area contributed by atoms with Gasteiger partial charge >= 0.3 is 0 Å². The maximum Gasteiger partial charge on any atom is 0.0986 e. The molecule has 0 fully saturated rings. The highest BCUT2D eigenvalue weighted by atomic mass is 79.9. The van der Waals surface area contributed by atoms with Crippen LogP contribution in [0.4, 0.5) is 22.7 Å². The summed E-state index contributed by atoms with van der Waals surface area (Å²) in [5.41, 5.74) is 16.8. The van der Waals surface area contributed by atoms with E-state index in [4.69, 9.17) is 34.7 Å². The van der Waals surface area contributed by atoms with Crippen molar-refractivity contribution < 1.29 is 0 Å². The van der Waals surface area contributed by atoms with E-state index in [0.717, 1.165) is 42.3 Å². The Morgan fingerprint density at radius 2 is 1.28 bits per heavy atom. The summed E-state index contributed by atoms with van der Waals surface area (Å²) in [6.07, 6.45) is 0.750. The molecular formula is C26H22Br4Cl2N4. The van der Waals surface area contributed by atoms with Crippen LogP contribution in [0.25, 0.3) is 0 Å². The van der Waals surface area contributed by atoms with Crippen LogP contribution in [-0.2, 0) is 6.42 Å². The topological polar surface area (TPSA) is 67.3 Å². The van der Waals surface area contributed by atoms with Crippen molar-refractivity contribution in [3.63, 3.8) is 0 Å². The Morgan fingerprint density at radius 3 is 1.81 bits per heavy atom. The lowest BCUT2D eigenvalue weighted by Gasteiger charge is -2.20. The molecule has 188 valence electrons. The fraction of sp³-hybridized carbons (Fsp3) is 0.0769. The second kappa shape index (κ2) is 13.9. The highest BCUT2D eigenvalue weighted by molar-refractivity contribution is 9.14. The third-order valence-corrected chi connectivity index (χ3v) is 9.65. The van der Waals surface area contributed by atoms with Crippen molar-refractivity contribution in [2.24, 2.45) is 0 Å². The van der Waals surface area contributed by atoms with Crippen molar-refractivity contribution in [3.8, 4) is 0 Å². The summed E-state index contributed by atoms with van der Waals surface area (Å²) in [4.78, 5) is 0. The Bertz CT molecular complexity index is 1270. The minimum Gasteiger partial charge on any atom is -0.398 e. The molecule has 0 aliphatic rings. The van der Waals surface area contributed by atoms with Crippen LogP contribution >= 0.6 is 87.1 Å². The molecule has 0 saturated carbocycles. The van der Waals surface area contributed by atoms with E-state index in [1.54, 1.807) is 12.1 Å². The van der Waals surface area contributed by atoms with Crippen molar-refractivity contribution >= 4 is 110 Å². The molecule has 4 rings (SSSR count). The van der Waals surface area contributed by atoms with Gasteiger partial charge in [-0.1, -0.05) is 53.5 Å². The lowest BCUT2D eigenvalue weighted by molar-refractivity contribution is 1.13. The predicted molar refractivity (Wildman–Crippen MR) is 170 cm³/mol. The molecule has 0 saturated heterocycles. The third kappa shape index (κ3) is 8.30. The van der Waals surface area contributed by atoms with Gasteiger partial charge in [0.1, 0.15) is 0 Å². The van der Waals surface area contributed by atoms with Gasteiger partial charge in [0, 0.05) is 14.6 Å². The molecule has 5 N–H and O–H groups in total. The second-order valence-electron chi connectivity index (χ2n) is 7.65. The van der Waals surface area contributed by atoms with Crippen LogP contribution in [0.3, 0.4) is 0 Å². The van der Waals surface area contributed by atoms with Crippen LogP contribution in [0.2, 0.25) is 10.0 Å². The fourth-order valence-corrected chi connectivity index (χ4v) is 5.66. The van der Waals surface area contributed by atoms with E-state index in [2.05, 4.69) is 69.3 Å². The number of hydrogen-bond donors (Lipinski definition) is 3. The van der Waals surface area contributed by atoms with Crippen LogP contribution in [0, 0.1) is 0 Å². The normalized spacial score (nSPS) is 10.4. The molecule has 0 radical (unpaired) electrons. The zero-order valence-electron chi connectivity index (χ0n) is 18.8. The molecule has 0 unspecified atom stereocenters. The number of nitrogens with one attached hydrogen (secondary N) is 1. The molecule has 4 aromatic rings. The monoisotopic (exact) mass is 776 g/mol. The predicted octanol–water partition coefficient (Wildman–Crippen LogP) is 9.91. The number of anilines is 4. The van der Waals surface area contributed by atoms with Crippen molar-refractivity contribution in [2.45, 2.75) is 6.42 Å². The number of rotatable bonds is 6. The number of halogens is 6. The lowest BCUT2D eigenvalue weighted by Crippen LogP contribution is -2.19. The minimum absolute atomic E-state index is 0.573. The van der Waals surface area contributed by atoms with E-state index >= 15 is 0 Å². The van der Waals surface area contributed by atoms with Crippen LogP contribution in [0.5, 0.6) is 0 Å². The largest absolute Gasteiger partial charge is 0.398 e. The lowest BCUT2D eigenvalue weighted by atomic mass is 10.0. The summed E-state index contributed by atoms with van der Waals surface area (Å²) in [7, 11) is 0. The molecule has 0 spiro atoms. The Kier molecular flexibility index (Phi) is 11.3. The van der Waals surface area contributed by atoms with Crippen LogP contribution in [0.1, 0.15) is 11.1 Å². The van der Waals surface area contributed by atoms with Crippen molar-refractivity contribution in [1.82, 2.24) is 0 Å². The maximum atomic E-state index is 5.97. The summed E-state index contributed by atoms with van der Waals surface area (Å²) >= 11 is 26.1. The summed E-state index contributed by atoms with van der Waals surface area (Å²) < 4.78 is 4.96. The first kappa shape index (κ1) is 29.1. The Hall–Kier alpha value is -1.42. The fourth-order valence-electron chi connectivity index (χ4n) is 3.10.